The van der Waals surface area contributed by atoms with Crippen molar-refractivity contribution in [2.24, 2.45) is 0 Å². The summed E-state index contributed by atoms with van der Waals surface area (Å²) >= 11 is 0. The summed E-state index contributed by atoms with van der Waals surface area (Å²) in [6.45, 7) is -2.58. The van der Waals surface area contributed by atoms with E-state index in [0.717, 1.165) is 31.9 Å². The van der Waals surface area contributed by atoms with E-state index in [0.29, 0.717) is 6.07 Å². The average molecular weight is 430 g/mol. The molecule has 0 aliphatic carbocycles. The van der Waals surface area contributed by atoms with Crippen molar-refractivity contribution in [1.29, 1.82) is 0 Å². The minimum atomic E-state index is -4.72. The van der Waals surface area contributed by atoms with Gasteiger partial charge in [-0.05, 0) is 19.4 Å². The van der Waals surface area contributed by atoms with Gasteiger partial charge in [0, 0.05) is 24.7 Å². The van der Waals surface area contributed by atoms with E-state index in [-0.39, 0.29) is 12.6 Å². The van der Waals surface area contributed by atoms with Crippen LogP contribution < -0.4 is 20.1 Å². The summed E-state index contributed by atoms with van der Waals surface area (Å²) in [6.07, 6.45) is -6.72. The second-order valence-corrected chi connectivity index (χ2v) is 6.48. The first-order valence-electron chi connectivity index (χ1n) is 8.72. The molecule has 12 heteroatoms. The summed E-state index contributed by atoms with van der Waals surface area (Å²) in [4.78, 5) is 12.4. The van der Waals surface area contributed by atoms with Crippen molar-refractivity contribution < 1.29 is 45.7 Å². The summed E-state index contributed by atoms with van der Waals surface area (Å²) in [5.74, 6) is -3.10. The molecule has 6 nitrogen and oxygen atoms in total. The molecule has 0 unspecified atom stereocenters. The molecule has 29 heavy (non-hydrogen) atoms. The molecule has 1 fully saturated rings. The first kappa shape index (κ1) is 22.9. The van der Waals surface area contributed by atoms with Crippen molar-refractivity contribution in [3.63, 3.8) is 0 Å². The topological polar surface area (TPSA) is 79.8 Å². The lowest BCUT2D eigenvalue weighted by Crippen LogP contribution is -2.43. The minimum absolute atomic E-state index is 0.0368. The van der Waals surface area contributed by atoms with E-state index in [2.05, 4.69) is 20.1 Å². The van der Waals surface area contributed by atoms with Gasteiger partial charge in [-0.25, -0.2) is 0 Å². The molecular formula is C17H20F6N2O4. The van der Waals surface area contributed by atoms with Crippen LogP contribution in [0, 0.1) is 0 Å². The van der Waals surface area contributed by atoms with E-state index < -0.39 is 54.3 Å². The fourth-order valence-electron chi connectivity index (χ4n) is 2.69. The Hall–Kier alpha value is -2.37. The van der Waals surface area contributed by atoms with E-state index in [1.54, 1.807) is 0 Å². The van der Waals surface area contributed by atoms with Crippen LogP contribution in [0.2, 0.25) is 0 Å². The van der Waals surface area contributed by atoms with Crippen LogP contribution in [0.25, 0.3) is 0 Å². The molecule has 1 saturated heterocycles. The van der Waals surface area contributed by atoms with Crippen LogP contribution in [-0.2, 0) is 0 Å². The number of hydrogen-bond acceptors (Lipinski definition) is 5. The van der Waals surface area contributed by atoms with Gasteiger partial charge in [0.25, 0.3) is 5.91 Å². The van der Waals surface area contributed by atoms with Gasteiger partial charge in [0.1, 0.15) is 5.75 Å². The molecule has 1 aliphatic rings. The number of ether oxygens (including phenoxy) is 2. The Balaban J connectivity index is 2.19. The lowest BCUT2D eigenvalue weighted by molar-refractivity contribution is -0.154. The van der Waals surface area contributed by atoms with Gasteiger partial charge in [0.2, 0.25) is 0 Å². The Bertz CT molecular complexity index is 702. The fraction of sp³-hybridized carbons (Fsp3) is 0.588. The molecule has 1 atom stereocenters. The zero-order chi connectivity index (χ0) is 21.7. The Labute approximate surface area is 162 Å². The van der Waals surface area contributed by atoms with Crippen LogP contribution in [0.4, 0.5) is 26.3 Å². The molecule has 1 aromatic carbocycles. The third-order valence-electron chi connectivity index (χ3n) is 4.01. The van der Waals surface area contributed by atoms with E-state index in [9.17, 15) is 36.2 Å². The summed E-state index contributed by atoms with van der Waals surface area (Å²) in [5.41, 5.74) is -0.486. The monoisotopic (exact) mass is 430 g/mol. The number of carbonyl (C=O) groups is 1. The summed E-state index contributed by atoms with van der Waals surface area (Å²) in [7, 11) is 0. The van der Waals surface area contributed by atoms with Crippen molar-refractivity contribution >= 4 is 5.91 Å². The number of halogens is 6. The maximum atomic E-state index is 12.5. The van der Waals surface area contributed by atoms with Crippen LogP contribution >= 0.6 is 0 Å². The highest BCUT2D eigenvalue weighted by atomic mass is 19.4. The van der Waals surface area contributed by atoms with Gasteiger partial charge in [-0.2, -0.15) is 26.3 Å². The molecule has 1 heterocycles. The SMILES string of the molecule is O=C(NC[C@H]1CCCCN1)c1cc(OCC(F)(F)F)c(O)cc1OCC(F)(F)F. The molecule has 0 spiro atoms. The van der Waals surface area contributed by atoms with Crippen molar-refractivity contribution in [2.45, 2.75) is 37.7 Å². The standard InChI is InChI=1S/C17H20F6N2O4/c18-16(19,20)8-28-13-6-12(26)14(29-9-17(21,22)23)5-11(13)15(27)25-7-10-3-1-2-4-24-10/h5-6,10,24,26H,1-4,7-9H2,(H,25,27)/t10-/m1/s1. The Morgan fingerprint density at radius 1 is 1.07 bits per heavy atom. The van der Waals surface area contributed by atoms with Gasteiger partial charge in [-0.3, -0.25) is 4.79 Å². The number of amides is 1. The van der Waals surface area contributed by atoms with Gasteiger partial charge in [-0.15, -0.1) is 0 Å². The van der Waals surface area contributed by atoms with Crippen LogP contribution in [0.15, 0.2) is 12.1 Å². The summed E-state index contributed by atoms with van der Waals surface area (Å²) < 4.78 is 83.4. The quantitative estimate of drug-likeness (QED) is 0.580. The second-order valence-electron chi connectivity index (χ2n) is 6.48. The first-order valence-corrected chi connectivity index (χ1v) is 8.72. The molecule has 0 radical (unpaired) electrons. The number of phenols is 1. The summed E-state index contributed by atoms with van der Waals surface area (Å²) in [5, 5.41) is 15.4. The van der Waals surface area contributed by atoms with Crippen LogP contribution in [-0.4, -0.2) is 55.7 Å². The van der Waals surface area contributed by atoms with Crippen molar-refractivity contribution in [3.05, 3.63) is 17.7 Å². The highest BCUT2D eigenvalue weighted by molar-refractivity contribution is 5.97. The molecule has 0 aromatic heterocycles. The van der Waals surface area contributed by atoms with Crippen molar-refractivity contribution in [1.82, 2.24) is 10.6 Å². The zero-order valence-corrected chi connectivity index (χ0v) is 15.1. The van der Waals surface area contributed by atoms with Gasteiger partial charge < -0.3 is 25.2 Å². The first-order chi connectivity index (χ1) is 13.4. The number of rotatable bonds is 7. The zero-order valence-electron chi connectivity index (χ0n) is 15.1. The van der Waals surface area contributed by atoms with E-state index in [1.165, 1.54) is 0 Å². The minimum Gasteiger partial charge on any atom is -0.504 e. The highest BCUT2D eigenvalue weighted by Gasteiger charge is 2.31. The lowest BCUT2D eigenvalue weighted by Gasteiger charge is -2.24. The number of benzene rings is 1. The molecule has 1 aromatic rings. The van der Waals surface area contributed by atoms with E-state index >= 15 is 0 Å². The van der Waals surface area contributed by atoms with E-state index in [1.807, 2.05) is 0 Å². The number of piperidine rings is 1. The third-order valence-corrected chi connectivity index (χ3v) is 4.01. The number of carbonyl (C=O) groups excluding carboxylic acids is 1. The van der Waals surface area contributed by atoms with Crippen LogP contribution in [0.3, 0.4) is 0 Å². The van der Waals surface area contributed by atoms with Gasteiger partial charge in [-0.1, -0.05) is 6.42 Å². The molecule has 1 aliphatic heterocycles. The molecule has 3 N–H and O–H groups in total. The predicted octanol–water partition coefficient (Wildman–Crippen LogP) is 3.15. The normalized spacial score (nSPS) is 17.7. The maximum absolute atomic E-state index is 12.5. The summed E-state index contributed by atoms with van der Waals surface area (Å²) in [6, 6.07) is 1.30. The van der Waals surface area contributed by atoms with Crippen LogP contribution in [0.5, 0.6) is 17.2 Å². The molecule has 0 saturated carbocycles. The number of hydrogen-bond donors (Lipinski definition) is 3. The molecule has 1 amide bonds. The number of aromatic hydroxyl groups is 1. The number of nitrogens with one attached hydrogen (secondary N) is 2. The smallest absolute Gasteiger partial charge is 0.422 e. The van der Waals surface area contributed by atoms with Crippen molar-refractivity contribution in [3.8, 4) is 17.2 Å². The third kappa shape index (κ3) is 7.87. The van der Waals surface area contributed by atoms with Crippen molar-refractivity contribution in [2.75, 3.05) is 26.3 Å². The predicted molar refractivity (Wildman–Crippen MR) is 89.2 cm³/mol. The number of alkyl halides is 6. The Morgan fingerprint density at radius 2 is 1.69 bits per heavy atom. The Morgan fingerprint density at radius 3 is 2.24 bits per heavy atom. The largest absolute Gasteiger partial charge is 0.504 e. The highest BCUT2D eigenvalue weighted by Crippen LogP contribution is 2.35. The molecular weight excluding hydrogens is 410 g/mol. The molecule has 164 valence electrons. The molecule has 0 bridgehead atoms. The Kier molecular flexibility index (Phi) is 7.44. The van der Waals surface area contributed by atoms with Gasteiger partial charge >= 0.3 is 12.4 Å². The van der Waals surface area contributed by atoms with Crippen LogP contribution in [0.1, 0.15) is 29.6 Å². The van der Waals surface area contributed by atoms with Gasteiger partial charge in [0.05, 0.1) is 5.56 Å². The fourth-order valence-corrected chi connectivity index (χ4v) is 2.69. The lowest BCUT2D eigenvalue weighted by atomic mass is 10.0. The molecule has 2 rings (SSSR count). The maximum Gasteiger partial charge on any atom is 0.422 e. The van der Waals surface area contributed by atoms with E-state index in [4.69, 9.17) is 0 Å². The van der Waals surface area contributed by atoms with Gasteiger partial charge in [0.15, 0.2) is 24.7 Å². The number of phenolic OH excluding ortho intramolecular Hbond substituents is 1. The second kappa shape index (κ2) is 9.42. The average Bonchev–Trinajstić information content (AvgIpc) is 2.63.